The molecule has 0 atom stereocenters. The third kappa shape index (κ3) is 3.30. The molecule has 2 aromatic rings. The molecule has 0 saturated heterocycles. The van der Waals surface area contributed by atoms with Crippen molar-refractivity contribution < 1.29 is 8.42 Å². The van der Waals surface area contributed by atoms with Crippen LogP contribution in [0.1, 0.15) is 11.1 Å². The van der Waals surface area contributed by atoms with Crippen LogP contribution in [0.25, 0.3) is 0 Å². The van der Waals surface area contributed by atoms with E-state index in [0.717, 1.165) is 11.1 Å². The average molecular weight is 311 g/mol. The number of nitrogens with two attached hydrogens (primary N) is 1. The van der Waals surface area contributed by atoms with Gasteiger partial charge in [-0.05, 0) is 36.2 Å². The van der Waals surface area contributed by atoms with Crippen LogP contribution in [0.3, 0.4) is 0 Å². The van der Waals surface area contributed by atoms with Crippen LogP contribution in [-0.2, 0) is 16.6 Å². The van der Waals surface area contributed by atoms with Crippen LogP contribution in [0, 0.1) is 6.92 Å². The van der Waals surface area contributed by atoms with Gasteiger partial charge < -0.3 is 5.73 Å². The number of hydrogen-bond donors (Lipinski definition) is 2. The largest absolute Gasteiger partial charge is 0.398 e. The lowest BCUT2D eigenvalue weighted by atomic mass is 10.2. The molecule has 3 N–H and O–H groups in total. The van der Waals surface area contributed by atoms with E-state index in [0.29, 0.717) is 10.7 Å². The van der Waals surface area contributed by atoms with Crippen molar-refractivity contribution in [2.75, 3.05) is 5.73 Å². The second-order valence-electron chi connectivity index (χ2n) is 4.43. The van der Waals surface area contributed by atoms with Crippen molar-refractivity contribution in [3.63, 3.8) is 0 Å². The van der Waals surface area contributed by atoms with E-state index >= 15 is 0 Å². The molecule has 2 rings (SSSR count). The summed E-state index contributed by atoms with van der Waals surface area (Å²) in [7, 11) is -3.60. The topological polar surface area (TPSA) is 72.2 Å². The smallest absolute Gasteiger partial charge is 0.240 e. The lowest BCUT2D eigenvalue weighted by molar-refractivity contribution is 0.581. The van der Waals surface area contributed by atoms with E-state index in [1.807, 2.05) is 6.92 Å². The maximum atomic E-state index is 12.2. The number of anilines is 1. The Bertz CT molecular complexity index is 730. The molecule has 0 unspecified atom stereocenters. The fraction of sp³-hybridized carbons (Fsp3) is 0.143. The monoisotopic (exact) mass is 310 g/mol. The Kier molecular flexibility index (Phi) is 4.32. The summed E-state index contributed by atoms with van der Waals surface area (Å²) in [5.74, 6) is 0. The van der Waals surface area contributed by atoms with Gasteiger partial charge in [-0.15, -0.1) is 0 Å². The fourth-order valence-electron chi connectivity index (χ4n) is 1.68. The standard InChI is InChI=1S/C14H15ClN2O2S/c1-10-6-7-12(8-14(10)16)20(18,19)17-9-11-4-2-3-5-13(11)15/h2-8,17H,9,16H2,1H3. The van der Waals surface area contributed by atoms with E-state index < -0.39 is 10.0 Å². The van der Waals surface area contributed by atoms with Crippen LogP contribution < -0.4 is 10.5 Å². The van der Waals surface area contributed by atoms with Crippen LogP contribution in [0.4, 0.5) is 5.69 Å². The van der Waals surface area contributed by atoms with E-state index in [-0.39, 0.29) is 11.4 Å². The van der Waals surface area contributed by atoms with E-state index in [4.69, 9.17) is 17.3 Å². The lowest BCUT2D eigenvalue weighted by Crippen LogP contribution is -2.23. The van der Waals surface area contributed by atoms with Gasteiger partial charge in [0.05, 0.1) is 4.90 Å². The number of rotatable bonds is 4. The highest BCUT2D eigenvalue weighted by molar-refractivity contribution is 7.89. The number of benzene rings is 2. The van der Waals surface area contributed by atoms with Gasteiger partial charge in [0, 0.05) is 17.3 Å². The van der Waals surface area contributed by atoms with Crippen molar-refractivity contribution in [3.05, 3.63) is 58.6 Å². The molecule has 0 aliphatic heterocycles. The molecule has 0 saturated carbocycles. The summed E-state index contributed by atoms with van der Waals surface area (Å²) in [5.41, 5.74) is 7.75. The molecule has 0 spiro atoms. The molecule has 0 aliphatic rings. The molecule has 0 aromatic heterocycles. The van der Waals surface area contributed by atoms with Crippen molar-refractivity contribution in [3.8, 4) is 0 Å². The molecule has 0 amide bonds. The molecule has 106 valence electrons. The van der Waals surface area contributed by atoms with Crippen LogP contribution in [0.15, 0.2) is 47.4 Å². The minimum absolute atomic E-state index is 0.135. The Morgan fingerprint density at radius 3 is 2.55 bits per heavy atom. The quantitative estimate of drug-likeness (QED) is 0.853. The van der Waals surface area contributed by atoms with Crippen LogP contribution in [0.5, 0.6) is 0 Å². The molecule has 0 heterocycles. The van der Waals surface area contributed by atoms with Gasteiger partial charge in [0.2, 0.25) is 10.0 Å². The average Bonchev–Trinajstić information content (AvgIpc) is 2.41. The summed E-state index contributed by atoms with van der Waals surface area (Å²) in [4.78, 5) is 0.146. The van der Waals surface area contributed by atoms with E-state index in [9.17, 15) is 8.42 Å². The summed E-state index contributed by atoms with van der Waals surface area (Å²) in [5, 5.41) is 0.527. The third-order valence-electron chi connectivity index (χ3n) is 2.97. The highest BCUT2D eigenvalue weighted by Gasteiger charge is 2.15. The van der Waals surface area contributed by atoms with Crippen molar-refractivity contribution in [1.82, 2.24) is 4.72 Å². The van der Waals surface area contributed by atoms with Crippen molar-refractivity contribution in [2.45, 2.75) is 18.4 Å². The van der Waals surface area contributed by atoms with Crippen molar-refractivity contribution in [1.29, 1.82) is 0 Å². The highest BCUT2D eigenvalue weighted by Crippen LogP contribution is 2.19. The first-order chi connectivity index (χ1) is 9.40. The summed E-state index contributed by atoms with van der Waals surface area (Å²) in [6, 6.07) is 11.7. The zero-order valence-corrected chi connectivity index (χ0v) is 12.5. The van der Waals surface area contributed by atoms with E-state index in [2.05, 4.69) is 4.72 Å². The SMILES string of the molecule is Cc1ccc(S(=O)(=O)NCc2ccccc2Cl)cc1N. The number of nitrogen functional groups attached to an aromatic ring is 1. The Hall–Kier alpha value is -1.56. The van der Waals surface area contributed by atoms with Crippen LogP contribution >= 0.6 is 11.6 Å². The molecule has 0 radical (unpaired) electrons. The van der Waals surface area contributed by atoms with E-state index in [1.165, 1.54) is 12.1 Å². The fourth-order valence-corrected chi connectivity index (χ4v) is 2.93. The summed E-state index contributed by atoms with van der Waals surface area (Å²) in [6.07, 6.45) is 0. The van der Waals surface area contributed by atoms with Gasteiger partial charge in [0.1, 0.15) is 0 Å². The molecule has 0 bridgehead atoms. The Balaban J connectivity index is 2.19. The molecule has 2 aromatic carbocycles. The van der Waals surface area contributed by atoms with Gasteiger partial charge in [-0.1, -0.05) is 35.9 Å². The number of sulfonamides is 1. The Morgan fingerprint density at radius 2 is 1.90 bits per heavy atom. The number of hydrogen-bond acceptors (Lipinski definition) is 3. The van der Waals surface area contributed by atoms with Gasteiger partial charge in [-0.3, -0.25) is 0 Å². The Labute approximate surface area is 123 Å². The van der Waals surface area contributed by atoms with Gasteiger partial charge in [0.15, 0.2) is 0 Å². The predicted octanol–water partition coefficient (Wildman–Crippen LogP) is 2.71. The molecule has 0 aliphatic carbocycles. The normalized spacial score (nSPS) is 11.5. The van der Waals surface area contributed by atoms with Gasteiger partial charge in [0.25, 0.3) is 0 Å². The van der Waals surface area contributed by atoms with Crippen LogP contribution in [0.2, 0.25) is 5.02 Å². The molecule has 4 nitrogen and oxygen atoms in total. The summed E-state index contributed by atoms with van der Waals surface area (Å²) >= 11 is 5.99. The van der Waals surface area contributed by atoms with E-state index in [1.54, 1.807) is 30.3 Å². The van der Waals surface area contributed by atoms with Crippen LogP contribution in [-0.4, -0.2) is 8.42 Å². The lowest BCUT2D eigenvalue weighted by Gasteiger charge is -2.09. The highest BCUT2D eigenvalue weighted by atomic mass is 35.5. The maximum Gasteiger partial charge on any atom is 0.240 e. The number of nitrogens with one attached hydrogen (secondary N) is 1. The zero-order valence-electron chi connectivity index (χ0n) is 10.9. The van der Waals surface area contributed by atoms with Crippen molar-refractivity contribution >= 4 is 27.3 Å². The number of halogens is 1. The second-order valence-corrected chi connectivity index (χ2v) is 6.61. The molecule has 6 heteroatoms. The van der Waals surface area contributed by atoms with Gasteiger partial charge in [-0.2, -0.15) is 0 Å². The van der Waals surface area contributed by atoms with Gasteiger partial charge >= 0.3 is 0 Å². The first-order valence-corrected chi connectivity index (χ1v) is 7.85. The maximum absolute atomic E-state index is 12.2. The molecule has 20 heavy (non-hydrogen) atoms. The summed E-state index contributed by atoms with van der Waals surface area (Å²) < 4.78 is 26.9. The minimum atomic E-state index is -3.60. The van der Waals surface area contributed by atoms with Crippen molar-refractivity contribution in [2.24, 2.45) is 0 Å². The molecular formula is C14H15ClN2O2S. The predicted molar refractivity (Wildman–Crippen MR) is 81.1 cm³/mol. The summed E-state index contributed by atoms with van der Waals surface area (Å²) in [6.45, 7) is 1.96. The molecular weight excluding hydrogens is 296 g/mol. The minimum Gasteiger partial charge on any atom is -0.398 e. The molecule has 0 fully saturated rings. The first-order valence-electron chi connectivity index (χ1n) is 5.99. The number of aryl methyl sites for hydroxylation is 1. The zero-order chi connectivity index (χ0) is 14.8. The van der Waals surface area contributed by atoms with Gasteiger partial charge in [-0.25, -0.2) is 13.1 Å². The Morgan fingerprint density at radius 1 is 1.20 bits per heavy atom. The third-order valence-corrected chi connectivity index (χ3v) is 4.74. The second kappa shape index (κ2) is 5.83. The first kappa shape index (κ1) is 14.8.